The first-order valence-corrected chi connectivity index (χ1v) is 10.2. The number of nitrogens with one attached hydrogen (secondary N) is 1. The predicted molar refractivity (Wildman–Crippen MR) is 98.4 cm³/mol. The summed E-state index contributed by atoms with van der Waals surface area (Å²) in [7, 11) is -3.36. The highest BCUT2D eigenvalue weighted by molar-refractivity contribution is 9.10. The van der Waals surface area contributed by atoms with Crippen molar-refractivity contribution in [1.82, 2.24) is 9.29 Å². The van der Waals surface area contributed by atoms with Gasteiger partial charge < -0.3 is 5.32 Å². The minimum absolute atomic E-state index is 0.376. The molecule has 0 saturated carbocycles. The summed E-state index contributed by atoms with van der Waals surface area (Å²) in [6.07, 6.45) is 3.47. The quantitative estimate of drug-likeness (QED) is 0.821. The zero-order chi connectivity index (χ0) is 17.0. The van der Waals surface area contributed by atoms with Crippen molar-refractivity contribution in [1.29, 1.82) is 0 Å². The Morgan fingerprint density at radius 2 is 1.83 bits per heavy atom. The van der Waals surface area contributed by atoms with E-state index in [1.54, 1.807) is 34.8 Å². The van der Waals surface area contributed by atoms with Gasteiger partial charge in [0.05, 0.1) is 4.90 Å². The van der Waals surface area contributed by atoms with E-state index in [0.717, 1.165) is 29.7 Å². The molecule has 5 nitrogen and oxygen atoms in total. The summed E-state index contributed by atoms with van der Waals surface area (Å²) in [5, 5.41) is 3.33. The lowest BCUT2D eigenvalue weighted by Crippen LogP contribution is -2.39. The van der Waals surface area contributed by atoms with Crippen molar-refractivity contribution in [2.75, 3.05) is 25.0 Å². The summed E-state index contributed by atoms with van der Waals surface area (Å²) in [5.74, 6) is 1.30. The SMILES string of the molecule is O=S(=O)(c1ccccc1)N1CCC(CNc2ccc(Br)cn2)CC1. The van der Waals surface area contributed by atoms with Crippen molar-refractivity contribution < 1.29 is 8.42 Å². The van der Waals surface area contributed by atoms with Gasteiger partial charge in [-0.25, -0.2) is 13.4 Å². The fraction of sp³-hybridized carbons (Fsp3) is 0.353. The molecule has 0 aliphatic carbocycles. The smallest absolute Gasteiger partial charge is 0.243 e. The maximum atomic E-state index is 12.6. The molecule has 0 radical (unpaired) electrons. The fourth-order valence-corrected chi connectivity index (χ4v) is 4.55. The molecule has 0 atom stereocenters. The number of rotatable bonds is 5. The van der Waals surface area contributed by atoms with Crippen molar-refractivity contribution in [2.24, 2.45) is 5.92 Å². The monoisotopic (exact) mass is 409 g/mol. The van der Waals surface area contributed by atoms with E-state index in [0.29, 0.717) is 23.9 Å². The predicted octanol–water partition coefficient (Wildman–Crippen LogP) is 3.36. The molecule has 7 heteroatoms. The van der Waals surface area contributed by atoms with E-state index < -0.39 is 10.0 Å². The summed E-state index contributed by atoms with van der Waals surface area (Å²) < 4.78 is 27.7. The molecule has 1 aromatic carbocycles. The fourth-order valence-electron chi connectivity index (χ4n) is 2.82. The summed E-state index contributed by atoms with van der Waals surface area (Å²) in [5.41, 5.74) is 0. The minimum atomic E-state index is -3.36. The Bertz CT molecular complexity index is 758. The molecule has 1 aliphatic rings. The van der Waals surface area contributed by atoms with Crippen LogP contribution in [0.5, 0.6) is 0 Å². The van der Waals surface area contributed by atoms with Gasteiger partial charge in [-0.2, -0.15) is 4.31 Å². The third-order valence-electron chi connectivity index (χ3n) is 4.25. The number of piperidine rings is 1. The van der Waals surface area contributed by atoms with Crippen LogP contribution in [0.15, 0.2) is 58.0 Å². The molecule has 2 aromatic rings. The first kappa shape index (κ1) is 17.4. The van der Waals surface area contributed by atoms with Crippen LogP contribution in [-0.2, 0) is 10.0 Å². The number of hydrogen-bond donors (Lipinski definition) is 1. The highest BCUT2D eigenvalue weighted by Crippen LogP contribution is 2.24. The van der Waals surface area contributed by atoms with E-state index in [-0.39, 0.29) is 0 Å². The van der Waals surface area contributed by atoms with Crippen molar-refractivity contribution in [2.45, 2.75) is 17.7 Å². The van der Waals surface area contributed by atoms with Gasteiger partial charge in [-0.15, -0.1) is 0 Å². The van der Waals surface area contributed by atoms with Crippen LogP contribution in [0.3, 0.4) is 0 Å². The van der Waals surface area contributed by atoms with Gasteiger partial charge in [-0.3, -0.25) is 0 Å². The molecule has 1 aromatic heterocycles. The van der Waals surface area contributed by atoms with E-state index in [4.69, 9.17) is 0 Å². The van der Waals surface area contributed by atoms with E-state index in [9.17, 15) is 8.42 Å². The zero-order valence-corrected chi connectivity index (χ0v) is 15.6. The highest BCUT2D eigenvalue weighted by atomic mass is 79.9. The third kappa shape index (κ3) is 4.15. The van der Waals surface area contributed by atoms with Gasteiger partial charge in [0, 0.05) is 30.3 Å². The molecule has 1 aliphatic heterocycles. The van der Waals surface area contributed by atoms with Crippen LogP contribution < -0.4 is 5.32 Å². The topological polar surface area (TPSA) is 62.3 Å². The molecule has 128 valence electrons. The van der Waals surface area contributed by atoms with Crippen LogP contribution in [0, 0.1) is 5.92 Å². The van der Waals surface area contributed by atoms with Gasteiger partial charge >= 0.3 is 0 Å². The van der Waals surface area contributed by atoms with Crippen LogP contribution in [0.25, 0.3) is 0 Å². The number of sulfonamides is 1. The summed E-state index contributed by atoms with van der Waals surface area (Å²) in [4.78, 5) is 4.67. The van der Waals surface area contributed by atoms with Crippen LogP contribution >= 0.6 is 15.9 Å². The van der Waals surface area contributed by atoms with Crippen LogP contribution in [0.2, 0.25) is 0 Å². The van der Waals surface area contributed by atoms with E-state index >= 15 is 0 Å². The normalized spacial score (nSPS) is 16.9. The van der Waals surface area contributed by atoms with Gasteiger partial charge in [-0.1, -0.05) is 18.2 Å². The standard InChI is InChI=1S/C17H20BrN3O2S/c18-15-6-7-17(20-13-15)19-12-14-8-10-21(11-9-14)24(22,23)16-4-2-1-3-5-16/h1-7,13-14H,8-12H2,(H,19,20). The average molecular weight is 410 g/mol. The van der Waals surface area contributed by atoms with Crippen molar-refractivity contribution in [3.8, 4) is 0 Å². The lowest BCUT2D eigenvalue weighted by Gasteiger charge is -2.31. The van der Waals surface area contributed by atoms with Gasteiger partial charge in [0.2, 0.25) is 10.0 Å². The number of pyridine rings is 1. The average Bonchev–Trinajstić information content (AvgIpc) is 2.62. The lowest BCUT2D eigenvalue weighted by atomic mass is 9.98. The molecule has 1 fully saturated rings. The second-order valence-electron chi connectivity index (χ2n) is 5.90. The maximum Gasteiger partial charge on any atom is 0.243 e. The van der Waals surface area contributed by atoms with Crippen molar-refractivity contribution in [3.05, 3.63) is 53.1 Å². The Labute approximate surface area is 151 Å². The molecule has 1 saturated heterocycles. The van der Waals surface area contributed by atoms with Gasteiger partial charge in [0.15, 0.2) is 0 Å². The third-order valence-corrected chi connectivity index (χ3v) is 6.64. The van der Waals surface area contributed by atoms with Crippen molar-refractivity contribution >= 4 is 31.8 Å². The molecule has 2 heterocycles. The van der Waals surface area contributed by atoms with Crippen LogP contribution in [0.1, 0.15) is 12.8 Å². The van der Waals surface area contributed by atoms with Gasteiger partial charge in [0.1, 0.15) is 5.82 Å². The van der Waals surface area contributed by atoms with Crippen molar-refractivity contribution in [3.63, 3.8) is 0 Å². The first-order valence-electron chi connectivity index (χ1n) is 7.96. The Kier molecular flexibility index (Phi) is 5.53. The highest BCUT2D eigenvalue weighted by Gasteiger charge is 2.29. The Balaban J connectivity index is 1.53. The molecule has 0 bridgehead atoms. The number of aromatic nitrogens is 1. The zero-order valence-electron chi connectivity index (χ0n) is 13.2. The molecule has 24 heavy (non-hydrogen) atoms. The summed E-state index contributed by atoms with van der Waals surface area (Å²) in [6, 6.07) is 12.5. The summed E-state index contributed by atoms with van der Waals surface area (Å²) >= 11 is 3.36. The van der Waals surface area contributed by atoms with E-state index in [2.05, 4.69) is 26.2 Å². The molecule has 1 N–H and O–H groups in total. The molecular formula is C17H20BrN3O2S. The molecule has 0 amide bonds. The molecular weight excluding hydrogens is 390 g/mol. The van der Waals surface area contributed by atoms with E-state index in [1.807, 2.05) is 18.2 Å². The Morgan fingerprint density at radius 3 is 2.46 bits per heavy atom. The lowest BCUT2D eigenvalue weighted by molar-refractivity contribution is 0.282. The summed E-state index contributed by atoms with van der Waals surface area (Å²) in [6.45, 7) is 1.95. The number of halogens is 1. The first-order chi connectivity index (χ1) is 11.6. The Hall–Kier alpha value is -1.44. The second kappa shape index (κ2) is 7.63. The van der Waals surface area contributed by atoms with E-state index in [1.165, 1.54) is 0 Å². The van der Waals surface area contributed by atoms with Gasteiger partial charge in [-0.05, 0) is 59.0 Å². The molecule has 3 rings (SSSR count). The minimum Gasteiger partial charge on any atom is -0.370 e. The number of nitrogens with zero attached hydrogens (tertiary/aromatic N) is 2. The Morgan fingerprint density at radius 1 is 1.12 bits per heavy atom. The maximum absolute atomic E-state index is 12.6. The number of hydrogen-bond acceptors (Lipinski definition) is 4. The largest absolute Gasteiger partial charge is 0.370 e. The number of benzene rings is 1. The van der Waals surface area contributed by atoms with Gasteiger partial charge in [0.25, 0.3) is 0 Å². The molecule has 0 spiro atoms. The van der Waals surface area contributed by atoms with Crippen LogP contribution in [-0.4, -0.2) is 37.3 Å². The van der Waals surface area contributed by atoms with Crippen LogP contribution in [0.4, 0.5) is 5.82 Å². The second-order valence-corrected chi connectivity index (χ2v) is 8.76. The number of anilines is 1. The molecule has 0 unspecified atom stereocenters.